The molecule has 0 bridgehead atoms. The second-order valence-electron chi connectivity index (χ2n) is 5.78. The third-order valence-electron chi connectivity index (χ3n) is 4.38. The first-order valence-electron chi connectivity index (χ1n) is 8.01. The van der Waals surface area contributed by atoms with Crippen molar-refractivity contribution in [2.75, 3.05) is 13.2 Å². The molecule has 2 fully saturated rings. The van der Waals surface area contributed by atoms with Gasteiger partial charge in [-0.15, -0.1) is 0 Å². The predicted octanol–water partition coefficient (Wildman–Crippen LogP) is -0.353. The lowest BCUT2D eigenvalue weighted by Gasteiger charge is -2.23. The van der Waals surface area contributed by atoms with Crippen LogP contribution in [0.3, 0.4) is 0 Å². The maximum atomic E-state index is 12.9. The van der Waals surface area contributed by atoms with E-state index in [2.05, 4.69) is 5.32 Å². The molecular formula is C16H20N4O5. The van der Waals surface area contributed by atoms with Crippen molar-refractivity contribution >= 4 is 17.9 Å². The normalized spacial score (nSPS) is 27.8. The molecule has 0 aromatic heterocycles. The van der Waals surface area contributed by atoms with Crippen molar-refractivity contribution in [3.63, 3.8) is 0 Å². The summed E-state index contributed by atoms with van der Waals surface area (Å²) in [5, 5.41) is 2.57. The molecule has 0 radical (unpaired) electrons. The molecule has 3 rings (SSSR count). The number of fused-ring (bicyclic) bond motifs is 1. The molecule has 0 spiro atoms. The fourth-order valence-electron chi connectivity index (χ4n) is 3.34. The van der Waals surface area contributed by atoms with Crippen LogP contribution in [0.15, 0.2) is 30.3 Å². The molecule has 3 amide bonds. The number of amides is 3. The summed E-state index contributed by atoms with van der Waals surface area (Å²) in [4.78, 5) is 38.4. The van der Waals surface area contributed by atoms with E-state index in [4.69, 9.17) is 15.3 Å². The van der Waals surface area contributed by atoms with Crippen molar-refractivity contribution in [1.82, 2.24) is 15.6 Å². The number of hydrogen-bond acceptors (Lipinski definition) is 6. The number of carbonyl (C=O) groups excluding carboxylic acids is 3. The lowest BCUT2D eigenvalue weighted by Crippen LogP contribution is -2.53. The lowest BCUT2D eigenvalue weighted by atomic mass is 9.98. The van der Waals surface area contributed by atoms with Gasteiger partial charge >= 0.3 is 12.0 Å². The maximum Gasteiger partial charge on any atom is 0.329 e. The SMILES string of the molecule is CCOC(=O)C1C(=O)N2[C@@H](c3ccccc3)OC[C@@H]2C1NC(=O)NN. The zero-order valence-electron chi connectivity index (χ0n) is 13.7. The summed E-state index contributed by atoms with van der Waals surface area (Å²) in [5.41, 5.74) is 2.74. The first kappa shape index (κ1) is 17.2. The molecule has 0 aliphatic carbocycles. The molecule has 2 aliphatic heterocycles. The van der Waals surface area contributed by atoms with Crippen LogP contribution >= 0.6 is 0 Å². The molecule has 25 heavy (non-hydrogen) atoms. The average molecular weight is 348 g/mol. The zero-order chi connectivity index (χ0) is 18.0. The zero-order valence-corrected chi connectivity index (χ0v) is 13.7. The average Bonchev–Trinajstić information content (AvgIpc) is 3.16. The highest BCUT2D eigenvalue weighted by Gasteiger charge is 2.58. The van der Waals surface area contributed by atoms with Gasteiger partial charge < -0.3 is 19.7 Å². The van der Waals surface area contributed by atoms with Crippen LogP contribution in [0.4, 0.5) is 4.79 Å². The Kier molecular flexibility index (Phi) is 4.86. The predicted molar refractivity (Wildman–Crippen MR) is 85.5 cm³/mol. The van der Waals surface area contributed by atoms with Crippen LogP contribution < -0.4 is 16.6 Å². The van der Waals surface area contributed by atoms with E-state index in [0.717, 1.165) is 5.56 Å². The van der Waals surface area contributed by atoms with Crippen molar-refractivity contribution in [2.45, 2.75) is 25.2 Å². The fraction of sp³-hybridized carbons (Fsp3) is 0.438. The van der Waals surface area contributed by atoms with Crippen molar-refractivity contribution in [3.8, 4) is 0 Å². The standard InChI is InChI=1S/C16H20N4O5/c1-2-24-15(22)11-12(18-16(23)19-17)10-8-25-14(20(10)13(11)21)9-6-4-3-5-7-9/h3-7,10-12,14H,2,8,17H2,1H3,(H2,18,19,23)/t10-,11?,12?,14-/m1/s1. The lowest BCUT2D eigenvalue weighted by molar-refractivity contribution is -0.154. The molecule has 134 valence electrons. The Bertz CT molecular complexity index is 668. The van der Waals surface area contributed by atoms with E-state index in [1.54, 1.807) is 6.92 Å². The number of hydrazine groups is 1. The summed E-state index contributed by atoms with van der Waals surface area (Å²) in [6, 6.07) is 7.27. The van der Waals surface area contributed by atoms with E-state index >= 15 is 0 Å². The van der Waals surface area contributed by atoms with E-state index in [-0.39, 0.29) is 13.2 Å². The first-order chi connectivity index (χ1) is 12.1. The third-order valence-corrected chi connectivity index (χ3v) is 4.38. The van der Waals surface area contributed by atoms with Gasteiger partial charge in [-0.2, -0.15) is 0 Å². The molecule has 9 heteroatoms. The Balaban J connectivity index is 1.91. The summed E-state index contributed by atoms with van der Waals surface area (Å²) < 4.78 is 10.8. The summed E-state index contributed by atoms with van der Waals surface area (Å²) >= 11 is 0. The number of esters is 1. The minimum absolute atomic E-state index is 0.141. The quantitative estimate of drug-likeness (QED) is 0.225. The molecule has 4 atom stereocenters. The second kappa shape index (κ2) is 7.08. The van der Waals surface area contributed by atoms with Crippen LogP contribution in [0.25, 0.3) is 0 Å². The van der Waals surface area contributed by atoms with Crippen molar-refractivity contribution in [3.05, 3.63) is 35.9 Å². The van der Waals surface area contributed by atoms with E-state index in [9.17, 15) is 14.4 Å². The number of benzene rings is 1. The minimum Gasteiger partial charge on any atom is -0.465 e. The highest BCUT2D eigenvalue weighted by molar-refractivity contribution is 6.01. The van der Waals surface area contributed by atoms with Gasteiger partial charge in [0.25, 0.3) is 0 Å². The van der Waals surface area contributed by atoms with Gasteiger partial charge in [0.15, 0.2) is 12.1 Å². The number of ether oxygens (including phenoxy) is 2. The number of nitrogens with one attached hydrogen (secondary N) is 2. The Hall–Kier alpha value is -2.65. The van der Waals surface area contributed by atoms with Crippen LogP contribution in [-0.4, -0.2) is 48.1 Å². The molecule has 0 saturated carbocycles. The smallest absolute Gasteiger partial charge is 0.329 e. The van der Waals surface area contributed by atoms with E-state index < -0.39 is 42.1 Å². The molecule has 1 aromatic carbocycles. The maximum absolute atomic E-state index is 12.9. The summed E-state index contributed by atoms with van der Waals surface area (Å²) in [7, 11) is 0. The molecule has 9 nitrogen and oxygen atoms in total. The molecular weight excluding hydrogens is 328 g/mol. The Morgan fingerprint density at radius 1 is 1.36 bits per heavy atom. The highest BCUT2D eigenvalue weighted by atomic mass is 16.5. The minimum atomic E-state index is -1.13. The van der Waals surface area contributed by atoms with Gasteiger partial charge in [0, 0.05) is 5.56 Å². The summed E-state index contributed by atoms with van der Waals surface area (Å²) in [6.45, 7) is 1.99. The topological polar surface area (TPSA) is 123 Å². The van der Waals surface area contributed by atoms with Crippen LogP contribution in [0, 0.1) is 5.92 Å². The van der Waals surface area contributed by atoms with Crippen LogP contribution in [-0.2, 0) is 19.1 Å². The van der Waals surface area contributed by atoms with Crippen LogP contribution in [0.5, 0.6) is 0 Å². The highest BCUT2D eigenvalue weighted by Crippen LogP contribution is 2.40. The number of carbonyl (C=O) groups is 3. The van der Waals surface area contributed by atoms with Gasteiger partial charge in [0.05, 0.1) is 25.3 Å². The van der Waals surface area contributed by atoms with E-state index in [1.165, 1.54) is 4.90 Å². The van der Waals surface area contributed by atoms with Gasteiger partial charge in [0.2, 0.25) is 5.91 Å². The first-order valence-corrected chi connectivity index (χ1v) is 8.01. The van der Waals surface area contributed by atoms with E-state index in [1.807, 2.05) is 35.8 Å². The van der Waals surface area contributed by atoms with Gasteiger partial charge in [0.1, 0.15) is 0 Å². The monoisotopic (exact) mass is 348 g/mol. The summed E-state index contributed by atoms with van der Waals surface area (Å²) in [6.07, 6.45) is -0.608. The van der Waals surface area contributed by atoms with Crippen LogP contribution in [0.1, 0.15) is 18.7 Å². The van der Waals surface area contributed by atoms with Gasteiger partial charge in [-0.25, -0.2) is 10.6 Å². The molecule has 2 saturated heterocycles. The number of urea groups is 1. The number of nitrogens with zero attached hydrogens (tertiary/aromatic N) is 1. The third kappa shape index (κ3) is 3.03. The fourth-order valence-corrected chi connectivity index (χ4v) is 3.34. The summed E-state index contributed by atoms with van der Waals surface area (Å²) in [5.74, 6) is 2.88. The largest absolute Gasteiger partial charge is 0.465 e. The molecule has 2 aliphatic rings. The number of hydrogen-bond donors (Lipinski definition) is 3. The van der Waals surface area contributed by atoms with E-state index in [0.29, 0.717) is 0 Å². The molecule has 2 unspecified atom stereocenters. The van der Waals surface area contributed by atoms with Gasteiger partial charge in [-0.3, -0.25) is 15.0 Å². The molecule has 1 aromatic rings. The van der Waals surface area contributed by atoms with Crippen LogP contribution in [0.2, 0.25) is 0 Å². The Morgan fingerprint density at radius 3 is 2.72 bits per heavy atom. The second-order valence-corrected chi connectivity index (χ2v) is 5.78. The number of nitrogens with two attached hydrogens (primary N) is 1. The Morgan fingerprint density at radius 2 is 2.08 bits per heavy atom. The molecule has 2 heterocycles. The van der Waals surface area contributed by atoms with Crippen molar-refractivity contribution < 1.29 is 23.9 Å². The van der Waals surface area contributed by atoms with Crippen molar-refractivity contribution in [1.29, 1.82) is 0 Å². The van der Waals surface area contributed by atoms with Crippen molar-refractivity contribution in [2.24, 2.45) is 11.8 Å². The van der Waals surface area contributed by atoms with Gasteiger partial charge in [-0.1, -0.05) is 30.3 Å². The van der Waals surface area contributed by atoms with Gasteiger partial charge in [-0.05, 0) is 6.92 Å². The molecule has 4 N–H and O–H groups in total. The Labute approximate surface area is 144 Å². The number of rotatable bonds is 4.